The Labute approximate surface area is 157 Å². The fraction of sp³-hybridized carbons (Fsp3) is 0.368. The van der Waals surface area contributed by atoms with E-state index in [1.165, 1.54) is 0 Å². The number of nitrogens with zero attached hydrogens (tertiary/aromatic N) is 5. The van der Waals surface area contributed by atoms with Gasteiger partial charge in [-0.05, 0) is 33.0 Å². The molecule has 0 spiro atoms. The SMILES string of the molecule is Cc1nc(Nc2nc3ccccc3o2)nc(C)c1C(=O)N1CCN(C)CC1. The van der Waals surface area contributed by atoms with E-state index in [1.54, 1.807) is 0 Å². The predicted molar refractivity (Wildman–Crippen MR) is 102 cm³/mol. The summed E-state index contributed by atoms with van der Waals surface area (Å²) in [6, 6.07) is 7.84. The third kappa shape index (κ3) is 3.48. The molecular formula is C19H22N6O2. The number of fused-ring (bicyclic) bond motifs is 1. The number of hydrogen-bond acceptors (Lipinski definition) is 7. The van der Waals surface area contributed by atoms with Crippen molar-refractivity contribution in [1.82, 2.24) is 24.8 Å². The highest BCUT2D eigenvalue weighted by atomic mass is 16.4. The summed E-state index contributed by atoms with van der Waals surface area (Å²) in [7, 11) is 2.06. The molecule has 0 aliphatic carbocycles. The molecule has 3 heterocycles. The quantitative estimate of drug-likeness (QED) is 0.761. The second-order valence-corrected chi connectivity index (χ2v) is 6.80. The van der Waals surface area contributed by atoms with Gasteiger partial charge in [-0.25, -0.2) is 9.97 Å². The van der Waals surface area contributed by atoms with Gasteiger partial charge < -0.3 is 14.2 Å². The van der Waals surface area contributed by atoms with Gasteiger partial charge in [0.15, 0.2) is 5.58 Å². The standard InChI is InChI=1S/C19H22N6O2/c1-12-16(17(26)25-10-8-24(3)9-11-25)13(2)21-18(20-12)23-19-22-14-6-4-5-7-15(14)27-19/h4-7H,8-11H2,1-3H3,(H,20,21,22,23). The van der Waals surface area contributed by atoms with Crippen LogP contribution in [0.2, 0.25) is 0 Å². The summed E-state index contributed by atoms with van der Waals surface area (Å²) in [5.74, 6) is 0.359. The summed E-state index contributed by atoms with van der Waals surface area (Å²) >= 11 is 0. The van der Waals surface area contributed by atoms with E-state index in [1.807, 2.05) is 43.0 Å². The average Bonchev–Trinajstić information content (AvgIpc) is 3.03. The molecule has 3 aromatic rings. The number of oxazole rings is 1. The van der Waals surface area contributed by atoms with Crippen molar-refractivity contribution in [1.29, 1.82) is 0 Å². The van der Waals surface area contributed by atoms with Gasteiger partial charge in [0.1, 0.15) is 5.52 Å². The van der Waals surface area contributed by atoms with E-state index in [4.69, 9.17) is 4.42 Å². The molecule has 8 nitrogen and oxygen atoms in total. The van der Waals surface area contributed by atoms with E-state index >= 15 is 0 Å². The number of likely N-dealkylation sites (N-methyl/N-ethyl adjacent to an activating group) is 1. The van der Waals surface area contributed by atoms with Gasteiger partial charge in [-0.1, -0.05) is 12.1 Å². The zero-order valence-electron chi connectivity index (χ0n) is 15.7. The Morgan fingerprint density at radius 1 is 1.04 bits per heavy atom. The summed E-state index contributed by atoms with van der Waals surface area (Å²) in [5, 5.41) is 2.99. The van der Waals surface area contributed by atoms with Gasteiger partial charge in [0.2, 0.25) is 5.95 Å². The minimum absolute atomic E-state index is 0.00786. The van der Waals surface area contributed by atoms with E-state index in [-0.39, 0.29) is 5.91 Å². The van der Waals surface area contributed by atoms with Crippen molar-refractivity contribution in [3.05, 3.63) is 41.2 Å². The van der Waals surface area contributed by atoms with Crippen LogP contribution in [0.4, 0.5) is 12.0 Å². The van der Waals surface area contributed by atoms with Crippen molar-refractivity contribution in [2.75, 3.05) is 38.5 Å². The van der Waals surface area contributed by atoms with Gasteiger partial charge in [0, 0.05) is 26.2 Å². The van der Waals surface area contributed by atoms with E-state index < -0.39 is 0 Å². The summed E-state index contributed by atoms with van der Waals surface area (Å²) in [4.78, 5) is 30.3. The van der Waals surface area contributed by atoms with Crippen molar-refractivity contribution in [3.63, 3.8) is 0 Å². The molecule has 0 radical (unpaired) electrons. The fourth-order valence-electron chi connectivity index (χ4n) is 3.27. The van der Waals surface area contributed by atoms with Crippen molar-refractivity contribution >= 4 is 29.0 Å². The van der Waals surface area contributed by atoms with Crippen LogP contribution >= 0.6 is 0 Å². The van der Waals surface area contributed by atoms with Crippen molar-refractivity contribution in [2.24, 2.45) is 0 Å². The van der Waals surface area contributed by atoms with Gasteiger partial charge in [-0.2, -0.15) is 4.98 Å². The largest absolute Gasteiger partial charge is 0.423 e. The van der Waals surface area contributed by atoms with Crippen LogP contribution in [-0.2, 0) is 0 Å². The normalized spacial score (nSPS) is 15.3. The summed E-state index contributed by atoms with van der Waals surface area (Å²) in [6.45, 7) is 6.85. The number of hydrogen-bond donors (Lipinski definition) is 1. The lowest BCUT2D eigenvalue weighted by Crippen LogP contribution is -2.47. The van der Waals surface area contributed by atoms with Crippen LogP contribution in [0.25, 0.3) is 11.1 Å². The number of benzene rings is 1. The Hall–Kier alpha value is -3.00. The van der Waals surface area contributed by atoms with Gasteiger partial charge in [0.05, 0.1) is 17.0 Å². The molecule has 1 N–H and O–H groups in total. The monoisotopic (exact) mass is 366 g/mol. The maximum absolute atomic E-state index is 12.9. The second-order valence-electron chi connectivity index (χ2n) is 6.80. The van der Waals surface area contributed by atoms with Crippen LogP contribution in [0.3, 0.4) is 0 Å². The molecule has 1 amide bonds. The van der Waals surface area contributed by atoms with E-state index in [0.717, 1.165) is 31.7 Å². The zero-order chi connectivity index (χ0) is 19.0. The number of aromatic nitrogens is 3. The molecule has 2 aromatic heterocycles. The third-order valence-electron chi connectivity index (χ3n) is 4.79. The molecule has 140 valence electrons. The molecule has 1 aliphatic heterocycles. The molecule has 1 aromatic carbocycles. The van der Waals surface area contributed by atoms with Crippen molar-refractivity contribution < 1.29 is 9.21 Å². The Bertz CT molecular complexity index is 935. The molecule has 1 aliphatic rings. The fourth-order valence-corrected chi connectivity index (χ4v) is 3.27. The number of para-hydroxylation sites is 2. The Morgan fingerprint density at radius 3 is 2.37 bits per heavy atom. The maximum Gasteiger partial charge on any atom is 0.302 e. The zero-order valence-corrected chi connectivity index (χ0v) is 15.7. The number of carbonyl (C=O) groups is 1. The topological polar surface area (TPSA) is 87.4 Å². The molecule has 0 saturated carbocycles. The first-order valence-electron chi connectivity index (χ1n) is 8.97. The first-order chi connectivity index (χ1) is 13.0. The Balaban J connectivity index is 1.57. The first kappa shape index (κ1) is 17.4. The van der Waals surface area contributed by atoms with Crippen molar-refractivity contribution in [3.8, 4) is 0 Å². The number of aryl methyl sites for hydroxylation is 2. The highest BCUT2D eigenvalue weighted by Crippen LogP contribution is 2.22. The summed E-state index contributed by atoms with van der Waals surface area (Å²) in [6.07, 6.45) is 0. The molecule has 8 heteroatoms. The smallest absolute Gasteiger partial charge is 0.302 e. The van der Waals surface area contributed by atoms with Gasteiger partial charge >= 0.3 is 6.01 Å². The minimum atomic E-state index is -0.00786. The lowest BCUT2D eigenvalue weighted by Gasteiger charge is -2.32. The number of nitrogens with one attached hydrogen (secondary N) is 1. The van der Waals surface area contributed by atoms with Crippen LogP contribution in [0.1, 0.15) is 21.7 Å². The molecular weight excluding hydrogens is 344 g/mol. The third-order valence-corrected chi connectivity index (χ3v) is 4.79. The lowest BCUT2D eigenvalue weighted by molar-refractivity contribution is 0.0661. The number of amides is 1. The van der Waals surface area contributed by atoms with E-state index in [0.29, 0.717) is 34.5 Å². The molecule has 1 saturated heterocycles. The highest BCUT2D eigenvalue weighted by molar-refractivity contribution is 5.96. The van der Waals surface area contributed by atoms with Crippen LogP contribution in [0.15, 0.2) is 28.7 Å². The minimum Gasteiger partial charge on any atom is -0.423 e. The second kappa shape index (κ2) is 6.96. The van der Waals surface area contributed by atoms with Crippen molar-refractivity contribution in [2.45, 2.75) is 13.8 Å². The van der Waals surface area contributed by atoms with E-state index in [9.17, 15) is 4.79 Å². The number of piperazine rings is 1. The van der Waals surface area contributed by atoms with Crippen LogP contribution in [0, 0.1) is 13.8 Å². The summed E-state index contributed by atoms with van der Waals surface area (Å²) in [5.41, 5.74) is 3.31. The van der Waals surface area contributed by atoms with Gasteiger partial charge in [-0.3, -0.25) is 10.1 Å². The first-order valence-corrected chi connectivity index (χ1v) is 8.97. The van der Waals surface area contributed by atoms with Gasteiger partial charge in [0.25, 0.3) is 5.91 Å². The predicted octanol–water partition coefficient (Wildman–Crippen LogP) is 2.37. The average molecular weight is 366 g/mol. The van der Waals surface area contributed by atoms with Crippen LogP contribution < -0.4 is 5.32 Å². The summed E-state index contributed by atoms with van der Waals surface area (Å²) < 4.78 is 5.65. The molecule has 27 heavy (non-hydrogen) atoms. The molecule has 0 atom stereocenters. The Morgan fingerprint density at radius 2 is 1.70 bits per heavy atom. The van der Waals surface area contributed by atoms with E-state index in [2.05, 4.69) is 32.2 Å². The highest BCUT2D eigenvalue weighted by Gasteiger charge is 2.25. The molecule has 4 rings (SSSR count). The lowest BCUT2D eigenvalue weighted by atomic mass is 10.1. The number of carbonyl (C=O) groups excluding carboxylic acids is 1. The molecule has 0 unspecified atom stereocenters. The maximum atomic E-state index is 12.9. The Kier molecular flexibility index (Phi) is 4.49. The van der Waals surface area contributed by atoms with Gasteiger partial charge in [-0.15, -0.1) is 0 Å². The van der Waals surface area contributed by atoms with Crippen LogP contribution in [0.5, 0.6) is 0 Å². The number of anilines is 2. The molecule has 1 fully saturated rings. The van der Waals surface area contributed by atoms with Crippen LogP contribution in [-0.4, -0.2) is 63.9 Å². The number of rotatable bonds is 3. The molecule has 0 bridgehead atoms.